The first-order valence-corrected chi connectivity index (χ1v) is 5.94. The Morgan fingerprint density at radius 3 is 2.59 bits per heavy atom. The van der Waals surface area contributed by atoms with Gasteiger partial charge in [-0.1, -0.05) is 38.6 Å². The van der Waals surface area contributed by atoms with Crippen LogP contribution < -0.4 is 5.32 Å². The van der Waals surface area contributed by atoms with Gasteiger partial charge in [0, 0.05) is 12.2 Å². The Balaban J connectivity index is 2.83. The van der Waals surface area contributed by atoms with Crippen molar-refractivity contribution >= 4 is 11.6 Å². The minimum atomic E-state index is -0.169. The maximum absolute atomic E-state index is 11.3. The van der Waals surface area contributed by atoms with Crippen LogP contribution in [0.1, 0.15) is 19.4 Å². The number of para-hydroxylation sites is 1. The van der Waals surface area contributed by atoms with Crippen molar-refractivity contribution in [2.75, 3.05) is 18.4 Å². The molecule has 0 unspecified atom stereocenters. The molecule has 1 N–H and O–H groups in total. The second-order valence-electron chi connectivity index (χ2n) is 3.81. The molecule has 0 aliphatic carbocycles. The molecule has 1 amide bonds. The summed E-state index contributed by atoms with van der Waals surface area (Å²) < 4.78 is 0. The van der Waals surface area contributed by atoms with Crippen LogP contribution in [0.25, 0.3) is 0 Å². The van der Waals surface area contributed by atoms with Gasteiger partial charge >= 0.3 is 0 Å². The van der Waals surface area contributed by atoms with E-state index in [9.17, 15) is 4.79 Å². The van der Waals surface area contributed by atoms with Crippen molar-refractivity contribution in [3.63, 3.8) is 0 Å². The predicted octanol–water partition coefficient (Wildman–Crippen LogP) is 2.65. The van der Waals surface area contributed by atoms with Gasteiger partial charge in [-0.3, -0.25) is 9.69 Å². The molecule has 0 spiro atoms. The molecule has 0 aliphatic rings. The van der Waals surface area contributed by atoms with Crippen LogP contribution in [0.15, 0.2) is 36.9 Å². The Morgan fingerprint density at radius 2 is 2.00 bits per heavy atom. The number of benzene rings is 1. The van der Waals surface area contributed by atoms with Crippen LogP contribution in [-0.4, -0.2) is 23.9 Å². The zero-order valence-electron chi connectivity index (χ0n) is 10.6. The van der Waals surface area contributed by atoms with E-state index in [1.807, 2.05) is 24.3 Å². The van der Waals surface area contributed by atoms with E-state index in [0.717, 1.165) is 30.9 Å². The Kier molecular flexibility index (Phi) is 5.43. The van der Waals surface area contributed by atoms with Gasteiger partial charge in [-0.25, -0.2) is 0 Å². The first-order chi connectivity index (χ1) is 8.21. The van der Waals surface area contributed by atoms with E-state index in [1.165, 1.54) is 6.08 Å². The average Bonchev–Trinajstić information content (AvgIpc) is 2.37. The van der Waals surface area contributed by atoms with Gasteiger partial charge in [-0.2, -0.15) is 0 Å². The number of amides is 1. The minimum absolute atomic E-state index is 0.169. The lowest BCUT2D eigenvalue weighted by molar-refractivity contribution is -0.111. The van der Waals surface area contributed by atoms with Crippen LogP contribution >= 0.6 is 0 Å². The molecule has 0 aliphatic heterocycles. The molecule has 0 radical (unpaired) electrons. The van der Waals surface area contributed by atoms with Crippen molar-refractivity contribution < 1.29 is 4.79 Å². The second-order valence-corrected chi connectivity index (χ2v) is 3.81. The molecule has 0 aromatic heterocycles. The third kappa shape index (κ3) is 4.04. The summed E-state index contributed by atoms with van der Waals surface area (Å²) in [5.74, 6) is -0.169. The summed E-state index contributed by atoms with van der Waals surface area (Å²) >= 11 is 0. The van der Waals surface area contributed by atoms with Gasteiger partial charge in [-0.15, -0.1) is 0 Å². The number of hydrogen-bond donors (Lipinski definition) is 1. The normalized spacial score (nSPS) is 10.3. The van der Waals surface area contributed by atoms with Crippen molar-refractivity contribution in [1.29, 1.82) is 0 Å². The molecule has 92 valence electrons. The Morgan fingerprint density at radius 1 is 1.35 bits per heavy atom. The lowest BCUT2D eigenvalue weighted by atomic mass is 10.1. The van der Waals surface area contributed by atoms with Gasteiger partial charge < -0.3 is 5.32 Å². The van der Waals surface area contributed by atoms with Crippen LogP contribution in [0.2, 0.25) is 0 Å². The van der Waals surface area contributed by atoms with Crippen LogP contribution in [-0.2, 0) is 11.3 Å². The highest BCUT2D eigenvalue weighted by molar-refractivity contribution is 5.99. The number of nitrogens with one attached hydrogen (secondary N) is 1. The Labute approximate surface area is 103 Å². The van der Waals surface area contributed by atoms with Gasteiger partial charge in [-0.05, 0) is 30.8 Å². The largest absolute Gasteiger partial charge is 0.322 e. The number of anilines is 1. The van der Waals surface area contributed by atoms with E-state index < -0.39 is 0 Å². The Bertz CT molecular complexity index is 384. The molecular weight excluding hydrogens is 212 g/mol. The Hall–Kier alpha value is -1.61. The summed E-state index contributed by atoms with van der Waals surface area (Å²) in [6, 6.07) is 7.87. The lowest BCUT2D eigenvalue weighted by Crippen LogP contribution is -2.23. The van der Waals surface area contributed by atoms with Crippen molar-refractivity contribution in [3.8, 4) is 0 Å². The molecule has 0 saturated heterocycles. The van der Waals surface area contributed by atoms with Crippen molar-refractivity contribution in [1.82, 2.24) is 4.90 Å². The molecule has 0 saturated carbocycles. The van der Waals surface area contributed by atoms with Gasteiger partial charge in [0.25, 0.3) is 0 Å². The molecule has 0 atom stereocenters. The summed E-state index contributed by atoms with van der Waals surface area (Å²) in [5.41, 5.74) is 2.00. The zero-order valence-corrected chi connectivity index (χ0v) is 10.6. The monoisotopic (exact) mass is 232 g/mol. The van der Waals surface area contributed by atoms with Crippen LogP contribution in [0, 0.1) is 0 Å². The zero-order chi connectivity index (χ0) is 12.7. The number of carbonyl (C=O) groups excluding carboxylic acids is 1. The van der Waals surface area contributed by atoms with Crippen LogP contribution in [0.5, 0.6) is 0 Å². The molecule has 1 rings (SSSR count). The van der Waals surface area contributed by atoms with Gasteiger partial charge in [0.2, 0.25) is 5.91 Å². The fraction of sp³-hybridized carbons (Fsp3) is 0.357. The molecule has 1 aromatic rings. The number of carbonyl (C=O) groups is 1. The molecular formula is C14H20N2O. The molecule has 0 bridgehead atoms. The van der Waals surface area contributed by atoms with E-state index in [0.29, 0.717) is 0 Å². The molecule has 3 nitrogen and oxygen atoms in total. The van der Waals surface area contributed by atoms with E-state index >= 15 is 0 Å². The highest BCUT2D eigenvalue weighted by atomic mass is 16.1. The van der Waals surface area contributed by atoms with E-state index in [4.69, 9.17) is 0 Å². The maximum atomic E-state index is 11.3. The molecule has 0 fully saturated rings. The number of rotatable bonds is 6. The standard InChI is InChI=1S/C14H20N2O/c1-4-14(17)15-13-10-8-7-9-12(13)11-16(5-2)6-3/h4,7-10H,1,5-6,11H2,2-3H3,(H,15,17). The SMILES string of the molecule is C=CC(=O)Nc1ccccc1CN(CC)CC. The summed E-state index contributed by atoms with van der Waals surface area (Å²) in [6.45, 7) is 10.6. The first kappa shape index (κ1) is 13.5. The number of nitrogens with zero attached hydrogens (tertiary/aromatic N) is 1. The van der Waals surface area contributed by atoms with Crippen LogP contribution in [0.4, 0.5) is 5.69 Å². The predicted molar refractivity (Wildman–Crippen MR) is 71.9 cm³/mol. The summed E-state index contributed by atoms with van der Waals surface area (Å²) in [7, 11) is 0. The summed E-state index contributed by atoms with van der Waals surface area (Å²) in [4.78, 5) is 13.6. The third-order valence-electron chi connectivity index (χ3n) is 2.75. The minimum Gasteiger partial charge on any atom is -0.322 e. The van der Waals surface area contributed by atoms with E-state index in [1.54, 1.807) is 0 Å². The van der Waals surface area contributed by atoms with Crippen molar-refractivity contribution in [3.05, 3.63) is 42.5 Å². The average molecular weight is 232 g/mol. The first-order valence-electron chi connectivity index (χ1n) is 5.94. The number of hydrogen-bond acceptors (Lipinski definition) is 2. The van der Waals surface area contributed by atoms with Crippen molar-refractivity contribution in [2.24, 2.45) is 0 Å². The van der Waals surface area contributed by atoms with Crippen molar-refractivity contribution in [2.45, 2.75) is 20.4 Å². The topological polar surface area (TPSA) is 32.3 Å². The van der Waals surface area contributed by atoms with Gasteiger partial charge in [0.05, 0.1) is 0 Å². The van der Waals surface area contributed by atoms with E-state index in [-0.39, 0.29) is 5.91 Å². The second kappa shape index (κ2) is 6.86. The summed E-state index contributed by atoms with van der Waals surface area (Å²) in [6.07, 6.45) is 1.29. The third-order valence-corrected chi connectivity index (χ3v) is 2.75. The lowest BCUT2D eigenvalue weighted by Gasteiger charge is -2.20. The smallest absolute Gasteiger partial charge is 0.247 e. The molecule has 0 heterocycles. The van der Waals surface area contributed by atoms with E-state index in [2.05, 4.69) is 30.6 Å². The van der Waals surface area contributed by atoms with Gasteiger partial charge in [0.15, 0.2) is 0 Å². The van der Waals surface area contributed by atoms with Gasteiger partial charge in [0.1, 0.15) is 0 Å². The molecule has 3 heteroatoms. The molecule has 17 heavy (non-hydrogen) atoms. The highest BCUT2D eigenvalue weighted by Gasteiger charge is 2.07. The maximum Gasteiger partial charge on any atom is 0.247 e. The highest BCUT2D eigenvalue weighted by Crippen LogP contribution is 2.17. The fourth-order valence-electron chi connectivity index (χ4n) is 1.65. The fourth-order valence-corrected chi connectivity index (χ4v) is 1.65. The summed E-state index contributed by atoms with van der Waals surface area (Å²) in [5, 5.41) is 2.83. The molecule has 1 aromatic carbocycles. The van der Waals surface area contributed by atoms with Crippen LogP contribution in [0.3, 0.4) is 0 Å². The quantitative estimate of drug-likeness (QED) is 0.765.